The number of halogens is 2. The third kappa shape index (κ3) is 11.7. The number of hydrogen-bond acceptors (Lipinski definition) is 11. The monoisotopic (exact) mass is 670 g/mol. The molecule has 13 heteroatoms. The molecule has 0 bridgehead atoms. The van der Waals surface area contributed by atoms with E-state index >= 15 is 0 Å². The minimum absolute atomic E-state index is 0.0295. The van der Waals surface area contributed by atoms with Crippen molar-refractivity contribution in [3.05, 3.63) is 117 Å². The third-order valence-electron chi connectivity index (χ3n) is 5.67. The smallest absolute Gasteiger partial charge is 0.239 e. The third-order valence-corrected chi connectivity index (χ3v) is 6.17. The van der Waals surface area contributed by atoms with Crippen LogP contribution >= 0.6 is 23.2 Å². The minimum Gasteiger partial charge on any atom is -0.508 e. The molecular formula is C34H28Cl2N6O5. The Morgan fingerprint density at radius 3 is 1.68 bits per heavy atom. The summed E-state index contributed by atoms with van der Waals surface area (Å²) in [6, 6.07) is 20.6. The molecule has 3 aromatic carbocycles. The van der Waals surface area contributed by atoms with Gasteiger partial charge in [-0.05, 0) is 72.8 Å². The fraction of sp³-hybridized carbons (Fsp3) is 0.118. The summed E-state index contributed by atoms with van der Waals surface area (Å²) in [5.41, 5.74) is 13.8. The number of rotatable bonds is 8. The van der Waals surface area contributed by atoms with E-state index in [1.54, 1.807) is 36.4 Å². The Morgan fingerprint density at radius 2 is 1.15 bits per heavy atom. The zero-order valence-corrected chi connectivity index (χ0v) is 26.2. The van der Waals surface area contributed by atoms with Crippen LogP contribution in [0.1, 0.15) is 22.3 Å². The first-order valence-corrected chi connectivity index (χ1v) is 14.6. The van der Waals surface area contributed by atoms with Crippen molar-refractivity contribution in [3.63, 3.8) is 0 Å². The van der Waals surface area contributed by atoms with Crippen molar-refractivity contribution in [1.29, 1.82) is 0 Å². The van der Waals surface area contributed by atoms with Crippen molar-refractivity contribution < 1.29 is 24.4 Å². The number of aromatic nitrogens is 4. The maximum absolute atomic E-state index is 9.32. The molecule has 0 saturated heterocycles. The van der Waals surface area contributed by atoms with Gasteiger partial charge in [0.25, 0.3) is 0 Å². The van der Waals surface area contributed by atoms with Crippen LogP contribution in [0.3, 0.4) is 0 Å². The number of hydrogen-bond donors (Lipinski definition) is 4. The number of phenols is 1. The van der Waals surface area contributed by atoms with Gasteiger partial charge in [-0.15, -0.1) is 0 Å². The van der Waals surface area contributed by atoms with Crippen LogP contribution < -0.4 is 20.9 Å². The van der Waals surface area contributed by atoms with Crippen LogP contribution in [0.15, 0.2) is 85.2 Å². The maximum Gasteiger partial charge on any atom is 0.239 e. The number of ether oxygens (including phenoxy) is 3. The van der Waals surface area contributed by atoms with Crippen LogP contribution in [-0.4, -0.2) is 56.6 Å². The highest BCUT2D eigenvalue weighted by Crippen LogP contribution is 2.25. The van der Waals surface area contributed by atoms with Gasteiger partial charge in [0.05, 0.1) is 32.2 Å². The van der Waals surface area contributed by atoms with Crippen molar-refractivity contribution in [2.75, 3.05) is 37.9 Å². The first-order valence-electron chi connectivity index (χ1n) is 13.9. The molecule has 6 N–H and O–H groups in total. The molecule has 2 aromatic heterocycles. The number of phenolic OH excluding ortho intramolecular Hbond substituents is 1. The van der Waals surface area contributed by atoms with E-state index in [0.717, 1.165) is 11.1 Å². The van der Waals surface area contributed by atoms with E-state index in [-0.39, 0.29) is 43.3 Å². The van der Waals surface area contributed by atoms with Gasteiger partial charge in [0, 0.05) is 21.2 Å². The number of aliphatic hydroxyl groups excluding tert-OH is 1. The largest absolute Gasteiger partial charge is 0.508 e. The van der Waals surface area contributed by atoms with Gasteiger partial charge >= 0.3 is 0 Å². The lowest BCUT2D eigenvalue weighted by molar-refractivity contribution is 0.0694. The first-order chi connectivity index (χ1) is 22.8. The fourth-order valence-electron chi connectivity index (χ4n) is 3.45. The summed E-state index contributed by atoms with van der Waals surface area (Å²) in [6.45, 7) is 0.831. The second-order valence-corrected chi connectivity index (χ2v) is 10.1. The molecule has 0 aliphatic heterocycles. The van der Waals surface area contributed by atoms with E-state index in [0.29, 0.717) is 39.4 Å². The number of aromatic hydroxyl groups is 1. The number of nitrogens with zero attached hydrogens (tertiary/aromatic N) is 4. The number of nitrogens with two attached hydrogens (primary N) is 2. The molecule has 0 unspecified atom stereocenters. The fourth-order valence-corrected chi connectivity index (χ4v) is 3.70. The van der Waals surface area contributed by atoms with E-state index < -0.39 is 0 Å². The zero-order chi connectivity index (χ0) is 33.4. The van der Waals surface area contributed by atoms with Gasteiger partial charge in [0.15, 0.2) is 0 Å². The molecule has 0 radical (unpaired) electrons. The predicted octanol–water partition coefficient (Wildman–Crippen LogP) is 5.11. The molecule has 11 nitrogen and oxygen atoms in total. The lowest BCUT2D eigenvalue weighted by Gasteiger charge is -2.07. The van der Waals surface area contributed by atoms with Crippen LogP contribution in [0, 0.1) is 23.7 Å². The molecule has 47 heavy (non-hydrogen) atoms. The lowest BCUT2D eigenvalue weighted by atomic mass is 10.2. The molecule has 0 atom stereocenters. The highest BCUT2D eigenvalue weighted by molar-refractivity contribution is 6.30. The minimum atomic E-state index is -0.0295. The SMILES string of the molecule is Nc1ncc(C#Cc2ccc(Cl)cc2)c(OCCOCCO)n1.Nc1ncc(C#Cc2ccc(Cl)cc2)c(Oc2ccc(O)cc2)n1. The van der Waals surface area contributed by atoms with E-state index in [1.807, 2.05) is 24.3 Å². The number of benzene rings is 3. The average molecular weight is 672 g/mol. The Bertz CT molecular complexity index is 1890. The van der Waals surface area contributed by atoms with Gasteiger partial charge in [0.2, 0.25) is 23.7 Å². The standard InChI is InChI=1S/C18H12ClN3O2.C16H16ClN3O3/c19-14-5-2-12(3-6-14)1-4-13-11-21-18(20)22-17(13)24-16-9-7-15(23)8-10-16;17-14-5-2-12(3-6-14)1-4-13-11-19-16(18)20-15(13)23-10-9-22-8-7-21/h2-3,5-11,23H,(H2,20,21,22);2-3,5-6,11,21H,7-10H2,(H2,18,19,20). The second-order valence-electron chi connectivity index (χ2n) is 9.19. The van der Waals surface area contributed by atoms with Crippen LogP contribution in [-0.2, 0) is 4.74 Å². The zero-order valence-electron chi connectivity index (χ0n) is 24.7. The van der Waals surface area contributed by atoms with E-state index in [2.05, 4.69) is 43.6 Å². The molecule has 0 amide bonds. The van der Waals surface area contributed by atoms with Gasteiger partial charge in [-0.2, -0.15) is 9.97 Å². The van der Waals surface area contributed by atoms with E-state index in [9.17, 15) is 5.11 Å². The van der Waals surface area contributed by atoms with Crippen molar-refractivity contribution in [2.24, 2.45) is 0 Å². The molecule has 0 aliphatic rings. The highest BCUT2D eigenvalue weighted by Gasteiger charge is 2.08. The molecular weight excluding hydrogens is 643 g/mol. The summed E-state index contributed by atoms with van der Waals surface area (Å²) in [5.74, 6) is 13.3. The molecule has 5 rings (SSSR count). The Morgan fingerprint density at radius 1 is 0.638 bits per heavy atom. The molecule has 0 aliphatic carbocycles. The van der Waals surface area contributed by atoms with Crippen molar-refractivity contribution in [1.82, 2.24) is 19.9 Å². The predicted molar refractivity (Wildman–Crippen MR) is 179 cm³/mol. The Balaban J connectivity index is 0.000000213. The average Bonchev–Trinajstić information content (AvgIpc) is 3.07. The second kappa shape index (κ2) is 17.8. The Hall–Kier alpha value is -5.56. The van der Waals surface area contributed by atoms with Crippen molar-refractivity contribution in [2.45, 2.75) is 0 Å². The van der Waals surface area contributed by atoms with Crippen LogP contribution in [0.25, 0.3) is 0 Å². The summed E-state index contributed by atoms with van der Waals surface area (Å²) < 4.78 is 16.3. The Labute approximate surface area is 281 Å². The number of anilines is 2. The summed E-state index contributed by atoms with van der Waals surface area (Å²) in [6.07, 6.45) is 3.01. The highest BCUT2D eigenvalue weighted by atomic mass is 35.5. The van der Waals surface area contributed by atoms with Crippen LogP contribution in [0.5, 0.6) is 23.3 Å². The molecule has 0 spiro atoms. The van der Waals surface area contributed by atoms with Gasteiger partial charge in [-0.3, -0.25) is 0 Å². The van der Waals surface area contributed by atoms with Gasteiger partial charge in [-0.1, -0.05) is 46.9 Å². The molecule has 5 aromatic rings. The van der Waals surface area contributed by atoms with Gasteiger partial charge in [0.1, 0.15) is 29.2 Å². The molecule has 2 heterocycles. The topological polar surface area (TPSA) is 172 Å². The lowest BCUT2D eigenvalue weighted by Crippen LogP contribution is -2.11. The van der Waals surface area contributed by atoms with Crippen molar-refractivity contribution >= 4 is 35.1 Å². The molecule has 0 saturated carbocycles. The van der Waals surface area contributed by atoms with Gasteiger partial charge in [-0.25, -0.2) is 9.97 Å². The Kier molecular flexibility index (Phi) is 13.0. The number of nitrogen functional groups attached to an aromatic ring is 2. The summed E-state index contributed by atoms with van der Waals surface area (Å²) >= 11 is 11.7. The number of aliphatic hydroxyl groups is 1. The first kappa shape index (κ1) is 34.3. The summed E-state index contributed by atoms with van der Waals surface area (Å²) in [5, 5.41) is 19.2. The van der Waals surface area contributed by atoms with E-state index in [1.165, 1.54) is 24.5 Å². The molecule has 238 valence electrons. The quantitative estimate of drug-likeness (QED) is 0.128. The normalized spacial score (nSPS) is 9.94. The summed E-state index contributed by atoms with van der Waals surface area (Å²) in [7, 11) is 0. The van der Waals surface area contributed by atoms with Crippen molar-refractivity contribution in [3.8, 4) is 46.9 Å². The van der Waals surface area contributed by atoms with E-state index in [4.69, 9.17) is 54.0 Å². The van der Waals surface area contributed by atoms with Crippen LogP contribution in [0.4, 0.5) is 11.9 Å². The van der Waals surface area contributed by atoms with Crippen LogP contribution in [0.2, 0.25) is 10.0 Å². The summed E-state index contributed by atoms with van der Waals surface area (Å²) in [4.78, 5) is 16.0. The van der Waals surface area contributed by atoms with Gasteiger partial charge < -0.3 is 35.9 Å². The molecule has 0 fully saturated rings. The maximum atomic E-state index is 9.32.